The van der Waals surface area contributed by atoms with Crippen molar-refractivity contribution in [1.29, 1.82) is 5.26 Å². The summed E-state index contributed by atoms with van der Waals surface area (Å²) in [6.45, 7) is 6.88. The largest absolute Gasteiger partial charge is 0.312 e. The topological polar surface area (TPSA) is 52.9 Å². The molecular weight excluding hydrogens is 364 g/mol. The number of hydrogen-bond acceptors (Lipinski definition) is 3. The molecule has 3 nitrogen and oxygen atoms in total. The summed E-state index contributed by atoms with van der Waals surface area (Å²) < 4.78 is 0. The average Bonchev–Trinajstić information content (AvgIpc) is 2.97. The van der Waals surface area contributed by atoms with Crippen molar-refractivity contribution < 1.29 is 4.79 Å². The van der Waals surface area contributed by atoms with Gasteiger partial charge in [0.1, 0.15) is 11.1 Å². The highest BCUT2D eigenvalue weighted by atomic mass is 35.5. The molecule has 0 spiro atoms. The minimum Gasteiger partial charge on any atom is -0.312 e. The van der Waals surface area contributed by atoms with E-state index in [0.717, 1.165) is 31.2 Å². The van der Waals surface area contributed by atoms with Crippen molar-refractivity contribution in [2.45, 2.75) is 46.5 Å². The maximum Gasteiger partial charge on any atom is 0.256 e. The number of nitrogens with one attached hydrogen (secondary N) is 1. The lowest BCUT2D eigenvalue weighted by Gasteiger charge is -2.36. The Balaban J connectivity index is 1.87. The lowest BCUT2D eigenvalue weighted by molar-refractivity contribution is 0.102. The maximum absolute atomic E-state index is 12.5. The summed E-state index contributed by atoms with van der Waals surface area (Å²) in [7, 11) is 0. The summed E-state index contributed by atoms with van der Waals surface area (Å²) in [6, 6.07) is 9.15. The highest BCUT2D eigenvalue weighted by Crippen LogP contribution is 2.45. The molecular formula is C21H23ClN2OS. The Bertz CT molecular complexity index is 879. The smallest absolute Gasteiger partial charge is 0.256 e. The average molecular weight is 387 g/mol. The van der Waals surface area contributed by atoms with Crippen molar-refractivity contribution in [1.82, 2.24) is 0 Å². The van der Waals surface area contributed by atoms with Crippen LogP contribution in [-0.4, -0.2) is 5.91 Å². The molecule has 0 unspecified atom stereocenters. The van der Waals surface area contributed by atoms with Gasteiger partial charge >= 0.3 is 0 Å². The number of carbonyl (C=O) groups is 1. The summed E-state index contributed by atoms with van der Waals surface area (Å²) >= 11 is 7.53. The van der Waals surface area contributed by atoms with Crippen LogP contribution < -0.4 is 5.32 Å². The molecule has 1 amide bonds. The summed E-state index contributed by atoms with van der Waals surface area (Å²) in [5, 5.41) is 13.8. The first-order valence-electron chi connectivity index (χ1n) is 8.97. The van der Waals surface area contributed by atoms with Crippen LogP contribution in [0, 0.1) is 22.7 Å². The van der Waals surface area contributed by atoms with E-state index >= 15 is 0 Å². The lowest BCUT2D eigenvalue weighted by atomic mass is 9.69. The van der Waals surface area contributed by atoms with Gasteiger partial charge in [0.05, 0.1) is 5.56 Å². The van der Waals surface area contributed by atoms with Crippen molar-refractivity contribution in [3.8, 4) is 6.07 Å². The number of nitrogens with zero attached hydrogens (tertiary/aromatic N) is 1. The van der Waals surface area contributed by atoms with Crippen LogP contribution in [0.15, 0.2) is 24.3 Å². The van der Waals surface area contributed by atoms with Gasteiger partial charge in [-0.2, -0.15) is 5.26 Å². The molecule has 2 aromatic rings. The molecule has 0 aliphatic heterocycles. The first-order chi connectivity index (χ1) is 12.4. The molecule has 1 N–H and O–H groups in total. The van der Waals surface area contributed by atoms with Crippen molar-refractivity contribution in [2.24, 2.45) is 11.3 Å². The van der Waals surface area contributed by atoms with Crippen molar-refractivity contribution >= 4 is 33.8 Å². The third-order valence-electron chi connectivity index (χ3n) is 5.71. The van der Waals surface area contributed by atoms with Crippen LogP contribution in [0.2, 0.25) is 5.02 Å². The van der Waals surface area contributed by atoms with E-state index in [1.165, 1.54) is 4.88 Å². The zero-order chi connectivity index (χ0) is 18.9. The van der Waals surface area contributed by atoms with Crippen molar-refractivity contribution in [2.75, 3.05) is 5.32 Å². The number of anilines is 1. The van der Waals surface area contributed by atoms with E-state index in [0.29, 0.717) is 32.5 Å². The molecule has 3 rings (SSSR count). The van der Waals surface area contributed by atoms with Crippen LogP contribution in [0.4, 0.5) is 5.00 Å². The van der Waals surface area contributed by atoms with Gasteiger partial charge in [0, 0.05) is 15.5 Å². The normalized spacial score (nSPS) is 16.7. The molecule has 5 heteroatoms. The van der Waals surface area contributed by atoms with Gasteiger partial charge in [0.25, 0.3) is 5.91 Å². The number of nitriles is 1. The van der Waals surface area contributed by atoms with Gasteiger partial charge in [-0.05, 0) is 54.4 Å². The van der Waals surface area contributed by atoms with E-state index in [4.69, 9.17) is 11.6 Å². The number of hydrogen-bond donors (Lipinski definition) is 1. The van der Waals surface area contributed by atoms with E-state index in [9.17, 15) is 10.1 Å². The molecule has 0 saturated heterocycles. The van der Waals surface area contributed by atoms with Gasteiger partial charge in [-0.1, -0.05) is 44.9 Å². The first-order valence-corrected chi connectivity index (χ1v) is 10.2. The Morgan fingerprint density at radius 3 is 2.88 bits per heavy atom. The molecule has 0 bridgehead atoms. The van der Waals surface area contributed by atoms with E-state index < -0.39 is 0 Å². The molecule has 136 valence electrons. The molecule has 0 saturated carbocycles. The van der Waals surface area contributed by atoms with E-state index in [1.54, 1.807) is 35.6 Å². The molecule has 26 heavy (non-hydrogen) atoms. The molecule has 1 heterocycles. The number of thiophene rings is 1. The number of benzene rings is 1. The quantitative estimate of drug-likeness (QED) is 0.693. The number of carbonyl (C=O) groups excluding carboxylic acids is 1. The predicted octanol–water partition coefficient (Wildman–Crippen LogP) is 6.07. The van der Waals surface area contributed by atoms with Crippen LogP contribution in [0.25, 0.3) is 0 Å². The van der Waals surface area contributed by atoms with Crippen LogP contribution in [0.5, 0.6) is 0 Å². The third-order valence-corrected chi connectivity index (χ3v) is 7.11. The second-order valence-corrected chi connectivity index (χ2v) is 9.11. The fourth-order valence-electron chi connectivity index (χ4n) is 3.55. The monoisotopic (exact) mass is 386 g/mol. The predicted molar refractivity (Wildman–Crippen MR) is 108 cm³/mol. The zero-order valence-corrected chi connectivity index (χ0v) is 16.9. The number of amides is 1. The van der Waals surface area contributed by atoms with Crippen LogP contribution >= 0.6 is 22.9 Å². The van der Waals surface area contributed by atoms with Crippen LogP contribution in [-0.2, 0) is 12.8 Å². The Morgan fingerprint density at radius 1 is 1.46 bits per heavy atom. The van der Waals surface area contributed by atoms with Crippen LogP contribution in [0.1, 0.15) is 60.0 Å². The van der Waals surface area contributed by atoms with Crippen molar-refractivity contribution in [3.63, 3.8) is 0 Å². The SMILES string of the molecule is CCC(C)(C)[C@H]1CCc2c(sc(NC(=O)c3cccc(Cl)c3)c2C#N)C1. The number of fused-ring (bicyclic) bond motifs is 1. The maximum atomic E-state index is 12.5. The lowest BCUT2D eigenvalue weighted by Crippen LogP contribution is -2.28. The second kappa shape index (κ2) is 7.42. The van der Waals surface area contributed by atoms with E-state index in [1.807, 2.05) is 0 Å². The minimum absolute atomic E-state index is 0.229. The van der Waals surface area contributed by atoms with Gasteiger partial charge < -0.3 is 5.32 Å². The number of halogens is 1. The van der Waals surface area contributed by atoms with E-state index in [2.05, 4.69) is 32.2 Å². The Labute approximate surface area is 164 Å². The van der Waals surface area contributed by atoms with Gasteiger partial charge in [-0.15, -0.1) is 11.3 Å². The Kier molecular flexibility index (Phi) is 5.41. The third kappa shape index (κ3) is 3.65. The highest BCUT2D eigenvalue weighted by Gasteiger charge is 2.34. The highest BCUT2D eigenvalue weighted by molar-refractivity contribution is 7.16. The molecule has 0 fully saturated rings. The van der Waals surface area contributed by atoms with Gasteiger partial charge in [0.15, 0.2) is 0 Å². The molecule has 1 aliphatic carbocycles. The fraction of sp³-hybridized carbons (Fsp3) is 0.429. The molecule has 1 aromatic carbocycles. The fourth-order valence-corrected chi connectivity index (χ4v) is 5.02. The second-order valence-electron chi connectivity index (χ2n) is 7.57. The summed E-state index contributed by atoms with van der Waals surface area (Å²) in [4.78, 5) is 13.8. The zero-order valence-electron chi connectivity index (χ0n) is 15.4. The summed E-state index contributed by atoms with van der Waals surface area (Å²) in [5.41, 5.74) is 2.55. The summed E-state index contributed by atoms with van der Waals surface area (Å²) in [5.74, 6) is 0.384. The molecule has 1 aromatic heterocycles. The van der Waals surface area contributed by atoms with Gasteiger partial charge in [0.2, 0.25) is 0 Å². The minimum atomic E-state index is -0.229. The van der Waals surface area contributed by atoms with E-state index in [-0.39, 0.29) is 5.91 Å². The standard InChI is InChI=1S/C21H23ClN2OS/c1-4-21(2,3)14-8-9-16-17(12-23)20(26-18(16)11-14)24-19(25)13-6-5-7-15(22)10-13/h5-7,10,14H,4,8-9,11H2,1-3H3,(H,24,25)/t14-/m0/s1. The van der Waals surface area contributed by atoms with Gasteiger partial charge in [-0.25, -0.2) is 0 Å². The Morgan fingerprint density at radius 2 is 2.23 bits per heavy atom. The molecule has 0 radical (unpaired) electrons. The molecule has 1 atom stereocenters. The van der Waals surface area contributed by atoms with Gasteiger partial charge in [-0.3, -0.25) is 4.79 Å². The Hall–Kier alpha value is -1.83. The summed E-state index contributed by atoms with van der Waals surface area (Å²) in [6.07, 6.45) is 4.14. The first kappa shape index (κ1) is 18.9. The molecule has 1 aliphatic rings. The number of rotatable bonds is 4. The van der Waals surface area contributed by atoms with Crippen LogP contribution in [0.3, 0.4) is 0 Å². The van der Waals surface area contributed by atoms with Crippen molar-refractivity contribution in [3.05, 3.63) is 50.9 Å².